The number of carbonyl (C=O) groups is 2. The molecule has 0 radical (unpaired) electrons. The molecule has 1 aliphatic carbocycles. The van der Waals surface area contributed by atoms with Gasteiger partial charge in [-0.15, -0.1) is 0 Å². The Kier molecular flexibility index (Phi) is 17.8. The summed E-state index contributed by atoms with van der Waals surface area (Å²) < 4.78 is 12.5. The van der Waals surface area contributed by atoms with Gasteiger partial charge in [0.05, 0.1) is 29.9 Å². The van der Waals surface area contributed by atoms with Crippen molar-refractivity contribution in [3.8, 4) is 11.5 Å². The maximum atomic E-state index is 14.0. The van der Waals surface area contributed by atoms with Crippen molar-refractivity contribution in [2.75, 3.05) is 20.3 Å². The molecule has 0 heterocycles. The first kappa shape index (κ1) is 40.3. The number of unbranched alkanes of at least 4 members (excludes halogenated alkanes) is 8. The molecule has 2 amide bonds. The van der Waals surface area contributed by atoms with E-state index in [-0.39, 0.29) is 45.1 Å². The van der Waals surface area contributed by atoms with Crippen LogP contribution in [0.1, 0.15) is 88.7 Å². The van der Waals surface area contributed by atoms with Gasteiger partial charge in [-0.3, -0.25) is 9.59 Å². The zero-order valence-electron chi connectivity index (χ0n) is 27.9. The molecule has 2 aromatic rings. The predicted octanol–water partition coefficient (Wildman–Crippen LogP) is 6.96. The van der Waals surface area contributed by atoms with E-state index in [1.165, 1.54) is 39.2 Å². The molecule has 3 rings (SSSR count). The molecule has 3 unspecified atom stereocenters. The summed E-state index contributed by atoms with van der Waals surface area (Å²) >= 11 is 14.8. The van der Waals surface area contributed by atoms with Crippen LogP contribution in [0, 0.1) is 3.57 Å². The summed E-state index contributed by atoms with van der Waals surface area (Å²) in [7, 11) is 1.48. The number of methoxy groups -OCH3 is 1. The number of hydrogen-bond donors (Lipinski definition) is 4. The highest BCUT2D eigenvalue weighted by Gasteiger charge is 2.41. The van der Waals surface area contributed by atoms with Gasteiger partial charge in [-0.05, 0) is 70.5 Å². The molecule has 0 fully saturated rings. The third-order valence-electron chi connectivity index (χ3n) is 8.51. The molecule has 4 N–H and O–H groups in total. The summed E-state index contributed by atoms with van der Waals surface area (Å²) in [6, 6.07) is 7.62. The van der Waals surface area contributed by atoms with Crippen molar-refractivity contribution in [3.63, 3.8) is 0 Å². The average Bonchev–Trinajstić information content (AvgIpc) is 3.07. The third kappa shape index (κ3) is 12.1. The Morgan fingerprint density at radius 1 is 1.02 bits per heavy atom. The van der Waals surface area contributed by atoms with Crippen molar-refractivity contribution >= 4 is 57.6 Å². The molecule has 12 heteroatoms. The van der Waals surface area contributed by atoms with Crippen molar-refractivity contribution in [1.82, 2.24) is 10.2 Å². The van der Waals surface area contributed by atoms with E-state index in [0.717, 1.165) is 19.3 Å². The Balaban J connectivity index is 1.90. The second-order valence-electron chi connectivity index (χ2n) is 12.1. The number of hydrogen-bond acceptors (Lipinski definition) is 7. The molecule has 266 valence electrons. The third-order valence-corrected chi connectivity index (χ3v) is 9.90. The molecule has 9 nitrogen and oxygen atoms in total. The molecule has 0 aliphatic heterocycles. The van der Waals surface area contributed by atoms with Crippen molar-refractivity contribution < 1.29 is 34.4 Å². The number of rotatable bonds is 20. The molecule has 0 spiro atoms. The number of halogens is 3. The smallest absolute Gasteiger partial charge is 0.247 e. The number of amides is 2. The summed E-state index contributed by atoms with van der Waals surface area (Å²) in [5, 5.41) is 34.4. The monoisotopic (exact) mass is 818 g/mol. The minimum absolute atomic E-state index is 0.0465. The molecule has 48 heavy (non-hydrogen) atoms. The van der Waals surface area contributed by atoms with Gasteiger partial charge in [0.15, 0.2) is 11.5 Å². The Hall–Kier alpha value is -2.09. The SMILES string of the molecule is CCCCCCCCCCCC(=O)N(Cc1ccc(Cl)cc1Cl)C1CC(C(=O)NCCO)=CC(Oc2c(I)cc(CO)cc2OC)C1O. The summed E-state index contributed by atoms with van der Waals surface area (Å²) in [6.45, 7) is 1.91. The van der Waals surface area contributed by atoms with E-state index in [0.29, 0.717) is 48.2 Å². The lowest BCUT2D eigenvalue weighted by molar-refractivity contribution is -0.139. The number of aliphatic hydroxyl groups is 3. The summed E-state index contributed by atoms with van der Waals surface area (Å²) in [5.41, 5.74) is 1.59. The first-order valence-electron chi connectivity index (χ1n) is 16.8. The van der Waals surface area contributed by atoms with Crippen LogP contribution < -0.4 is 14.8 Å². The number of aliphatic hydroxyl groups excluding tert-OH is 3. The van der Waals surface area contributed by atoms with E-state index in [9.17, 15) is 24.9 Å². The van der Waals surface area contributed by atoms with Gasteiger partial charge in [-0.2, -0.15) is 0 Å². The molecule has 0 saturated carbocycles. The fourth-order valence-corrected chi connectivity index (χ4v) is 7.11. The Morgan fingerprint density at radius 2 is 1.71 bits per heavy atom. The zero-order chi connectivity index (χ0) is 35.1. The van der Waals surface area contributed by atoms with Crippen LogP contribution in [0.25, 0.3) is 0 Å². The molecular weight excluding hydrogens is 770 g/mol. The van der Waals surface area contributed by atoms with Gasteiger partial charge in [0.1, 0.15) is 12.2 Å². The van der Waals surface area contributed by atoms with E-state index >= 15 is 0 Å². The second-order valence-corrected chi connectivity index (χ2v) is 14.1. The van der Waals surface area contributed by atoms with Gasteiger partial charge in [-0.1, -0.05) is 87.6 Å². The van der Waals surface area contributed by atoms with Crippen molar-refractivity contribution in [3.05, 3.63) is 66.7 Å². The fraction of sp³-hybridized carbons (Fsp3) is 0.556. The van der Waals surface area contributed by atoms with Gasteiger partial charge in [0, 0.05) is 41.5 Å². The van der Waals surface area contributed by atoms with Crippen LogP contribution in [0.5, 0.6) is 11.5 Å². The summed E-state index contributed by atoms with van der Waals surface area (Å²) in [6.07, 6.45) is 9.64. The predicted molar refractivity (Wildman–Crippen MR) is 197 cm³/mol. The lowest BCUT2D eigenvalue weighted by Crippen LogP contribution is -2.54. The van der Waals surface area contributed by atoms with Crippen molar-refractivity contribution in [1.29, 1.82) is 0 Å². The van der Waals surface area contributed by atoms with Crippen LogP contribution in [0.4, 0.5) is 0 Å². The number of nitrogens with zero attached hydrogens (tertiary/aromatic N) is 1. The minimum Gasteiger partial charge on any atom is -0.493 e. The average molecular weight is 820 g/mol. The number of nitrogens with one attached hydrogen (secondary N) is 1. The quantitative estimate of drug-likeness (QED) is 0.0841. The Bertz CT molecular complexity index is 1380. The normalized spacial score (nSPS) is 17.5. The van der Waals surface area contributed by atoms with Crippen molar-refractivity contribution in [2.45, 2.75) is 109 Å². The van der Waals surface area contributed by atoms with E-state index in [2.05, 4.69) is 34.8 Å². The molecule has 0 saturated heterocycles. The minimum atomic E-state index is -1.23. The molecule has 3 atom stereocenters. The molecule has 1 aliphatic rings. The highest BCUT2D eigenvalue weighted by molar-refractivity contribution is 14.1. The lowest BCUT2D eigenvalue weighted by atomic mass is 9.87. The van der Waals surface area contributed by atoms with Gasteiger partial charge in [0.2, 0.25) is 11.8 Å². The van der Waals surface area contributed by atoms with Gasteiger partial charge in [0.25, 0.3) is 0 Å². The molecule has 0 bridgehead atoms. The fourth-order valence-electron chi connectivity index (χ4n) is 5.85. The van der Waals surface area contributed by atoms with Gasteiger partial charge in [-0.25, -0.2) is 0 Å². The highest BCUT2D eigenvalue weighted by Crippen LogP contribution is 2.38. The van der Waals surface area contributed by atoms with E-state index in [1.807, 2.05) is 0 Å². The zero-order valence-corrected chi connectivity index (χ0v) is 31.5. The van der Waals surface area contributed by atoms with Crippen LogP contribution in [0.3, 0.4) is 0 Å². The standard InChI is InChI=1S/C36H49Cl2IN2O7/c1-3-4-5-6-7-8-9-10-11-12-33(44)41(22-25-13-14-27(37)21-28(25)38)30-19-26(36(46)40-15-16-42)20-31(34(30)45)48-35-29(39)17-24(23-43)18-32(35)47-2/h13-14,17-18,20-21,30-31,34,42-43,45H,3-12,15-16,19,22-23H2,1-2H3,(H,40,46). The summed E-state index contributed by atoms with van der Waals surface area (Å²) in [4.78, 5) is 28.9. The maximum Gasteiger partial charge on any atom is 0.247 e. The van der Waals surface area contributed by atoms with Crippen molar-refractivity contribution in [2.24, 2.45) is 0 Å². The van der Waals surface area contributed by atoms with Gasteiger partial charge >= 0.3 is 0 Å². The lowest BCUT2D eigenvalue weighted by Gasteiger charge is -2.41. The van der Waals surface area contributed by atoms with Crippen LogP contribution >= 0.6 is 45.8 Å². The molecule has 2 aromatic carbocycles. The topological polar surface area (TPSA) is 129 Å². The van der Waals surface area contributed by atoms with E-state index in [1.54, 1.807) is 41.3 Å². The Labute approximate surface area is 308 Å². The first-order chi connectivity index (χ1) is 23.1. The molecule has 0 aromatic heterocycles. The number of benzene rings is 2. The Morgan fingerprint density at radius 3 is 2.33 bits per heavy atom. The molecular formula is C36H49Cl2IN2O7. The first-order valence-corrected chi connectivity index (χ1v) is 18.6. The van der Waals surface area contributed by atoms with E-state index < -0.39 is 24.2 Å². The van der Waals surface area contributed by atoms with Crippen LogP contribution in [0.2, 0.25) is 10.0 Å². The van der Waals surface area contributed by atoms with E-state index in [4.69, 9.17) is 32.7 Å². The maximum absolute atomic E-state index is 14.0. The highest BCUT2D eigenvalue weighted by atomic mass is 127. The number of carbonyl (C=O) groups excluding carboxylic acids is 2. The van der Waals surface area contributed by atoms with Crippen LogP contribution in [-0.4, -0.2) is 70.5 Å². The van der Waals surface area contributed by atoms with Crippen LogP contribution in [0.15, 0.2) is 42.0 Å². The largest absolute Gasteiger partial charge is 0.493 e. The van der Waals surface area contributed by atoms with Crippen LogP contribution in [-0.2, 0) is 22.7 Å². The van der Waals surface area contributed by atoms with Gasteiger partial charge < -0.3 is 35.0 Å². The number of ether oxygens (including phenoxy) is 2. The summed E-state index contributed by atoms with van der Waals surface area (Å²) in [5.74, 6) is 0.0943. The second kappa shape index (κ2) is 21.2.